The summed E-state index contributed by atoms with van der Waals surface area (Å²) in [5.74, 6) is -1.01. The average Bonchev–Trinajstić information content (AvgIpc) is 2.61. The topological polar surface area (TPSA) is 55.8 Å². The minimum atomic E-state index is -0.793. The molecule has 27 heavy (non-hydrogen) atoms. The van der Waals surface area contributed by atoms with Gasteiger partial charge in [-0.05, 0) is 38.5 Å². The van der Waals surface area contributed by atoms with E-state index in [1.165, 1.54) is 6.07 Å². The second kappa shape index (κ2) is 7.24. The first-order valence-electron chi connectivity index (χ1n) is 8.69. The fourth-order valence-corrected chi connectivity index (χ4v) is 3.01. The molecule has 6 heteroatoms. The van der Waals surface area contributed by atoms with Crippen LogP contribution in [-0.4, -0.2) is 25.5 Å². The maximum atomic E-state index is 12.7. The van der Waals surface area contributed by atoms with E-state index in [-0.39, 0.29) is 11.7 Å². The lowest BCUT2D eigenvalue weighted by Gasteiger charge is -2.35. The van der Waals surface area contributed by atoms with E-state index in [1.54, 1.807) is 26.8 Å². The van der Waals surface area contributed by atoms with Crippen LogP contribution in [0.4, 0.5) is 5.69 Å². The van der Waals surface area contributed by atoms with Crippen molar-refractivity contribution < 1.29 is 19.1 Å². The van der Waals surface area contributed by atoms with E-state index in [0.29, 0.717) is 23.0 Å². The summed E-state index contributed by atoms with van der Waals surface area (Å²) in [6, 6.07) is 13.0. The molecular weight excluding hydrogens is 366 g/mol. The molecule has 2 aromatic carbocycles. The average molecular weight is 388 g/mol. The number of fused-ring (bicyclic) bond motifs is 1. The van der Waals surface area contributed by atoms with E-state index in [0.717, 1.165) is 5.56 Å². The third kappa shape index (κ3) is 4.08. The number of ether oxygens (including phenoxy) is 2. The number of likely N-dealkylation sites (N-methyl/N-ethyl adjacent to an activating group) is 1. The largest absolute Gasteiger partial charge is 0.481 e. The molecule has 1 aliphatic rings. The van der Waals surface area contributed by atoms with Gasteiger partial charge in [0.15, 0.2) is 5.75 Å². The number of hydrogen-bond acceptors (Lipinski definition) is 5. The van der Waals surface area contributed by atoms with E-state index in [2.05, 4.69) is 0 Å². The Balaban J connectivity index is 1.98. The lowest BCUT2D eigenvalue weighted by atomic mass is 9.97. The molecule has 0 amide bonds. The second-order valence-electron chi connectivity index (χ2n) is 7.63. The van der Waals surface area contributed by atoms with E-state index in [4.69, 9.17) is 21.1 Å². The monoisotopic (exact) mass is 387 g/mol. The summed E-state index contributed by atoms with van der Waals surface area (Å²) in [6.07, 6.45) is -0.255. The Bertz CT molecular complexity index is 874. The normalized spacial score (nSPS) is 16.3. The number of rotatable bonds is 2. The van der Waals surface area contributed by atoms with E-state index < -0.39 is 17.4 Å². The molecule has 1 aliphatic heterocycles. The van der Waals surface area contributed by atoms with Crippen LogP contribution in [0.5, 0.6) is 5.75 Å². The highest BCUT2D eigenvalue weighted by molar-refractivity contribution is 6.31. The van der Waals surface area contributed by atoms with Crippen molar-refractivity contribution in [1.29, 1.82) is 0 Å². The standard InChI is InChI=1S/C21H22ClNO4/c1-21(2,3)20(25)27-19(24)15-10-14(22)11-16-18(15)26-17(12-23(16)4)13-8-6-5-7-9-13/h5-11,17H,12H2,1-4H3. The summed E-state index contributed by atoms with van der Waals surface area (Å²) in [4.78, 5) is 26.8. The quantitative estimate of drug-likeness (QED) is 0.555. The molecule has 0 radical (unpaired) electrons. The maximum absolute atomic E-state index is 12.7. The minimum Gasteiger partial charge on any atom is -0.481 e. The number of benzene rings is 2. The first-order valence-corrected chi connectivity index (χ1v) is 9.07. The first kappa shape index (κ1) is 19.2. The maximum Gasteiger partial charge on any atom is 0.349 e. The summed E-state index contributed by atoms with van der Waals surface area (Å²) in [6.45, 7) is 5.66. The fourth-order valence-electron chi connectivity index (χ4n) is 2.80. The number of hydrogen-bond donors (Lipinski definition) is 0. The van der Waals surface area contributed by atoms with Crippen LogP contribution in [0, 0.1) is 5.41 Å². The third-order valence-corrected chi connectivity index (χ3v) is 4.55. The van der Waals surface area contributed by atoms with Crippen LogP contribution in [0.15, 0.2) is 42.5 Å². The van der Waals surface area contributed by atoms with Gasteiger partial charge in [0.2, 0.25) is 0 Å². The molecule has 2 aromatic rings. The molecule has 1 unspecified atom stereocenters. The SMILES string of the molecule is CN1CC(c2ccccc2)Oc2c(C(=O)OC(=O)C(C)(C)C)cc(Cl)cc21. The second-order valence-corrected chi connectivity index (χ2v) is 8.06. The van der Waals surface area contributed by atoms with Crippen molar-refractivity contribution in [2.45, 2.75) is 26.9 Å². The molecule has 0 aliphatic carbocycles. The van der Waals surface area contributed by atoms with Gasteiger partial charge < -0.3 is 14.4 Å². The predicted octanol–water partition coefficient (Wildman–Crippen LogP) is 4.64. The van der Waals surface area contributed by atoms with Gasteiger partial charge >= 0.3 is 11.9 Å². The van der Waals surface area contributed by atoms with Crippen molar-refractivity contribution in [1.82, 2.24) is 0 Å². The highest BCUT2D eigenvalue weighted by Crippen LogP contribution is 2.42. The fraction of sp³-hybridized carbons (Fsp3) is 0.333. The Morgan fingerprint density at radius 3 is 2.48 bits per heavy atom. The molecule has 3 rings (SSSR count). The number of nitrogens with zero attached hydrogens (tertiary/aromatic N) is 1. The number of carbonyl (C=O) groups excluding carboxylic acids is 2. The third-order valence-electron chi connectivity index (χ3n) is 4.33. The van der Waals surface area contributed by atoms with Gasteiger partial charge in [-0.15, -0.1) is 0 Å². The molecule has 1 atom stereocenters. The highest BCUT2D eigenvalue weighted by atomic mass is 35.5. The number of anilines is 1. The van der Waals surface area contributed by atoms with Crippen LogP contribution >= 0.6 is 11.6 Å². The van der Waals surface area contributed by atoms with Crippen molar-refractivity contribution in [2.24, 2.45) is 5.41 Å². The van der Waals surface area contributed by atoms with Gasteiger partial charge in [0.1, 0.15) is 11.7 Å². The van der Waals surface area contributed by atoms with Crippen LogP contribution in [0.2, 0.25) is 5.02 Å². The zero-order chi connectivity index (χ0) is 19.8. The van der Waals surface area contributed by atoms with Gasteiger partial charge in [-0.3, -0.25) is 4.79 Å². The van der Waals surface area contributed by atoms with Gasteiger partial charge in [0, 0.05) is 12.1 Å². The molecule has 142 valence electrons. The van der Waals surface area contributed by atoms with Crippen LogP contribution in [0.1, 0.15) is 42.8 Å². The first-order chi connectivity index (χ1) is 12.7. The van der Waals surface area contributed by atoms with Crippen LogP contribution < -0.4 is 9.64 Å². The van der Waals surface area contributed by atoms with E-state index in [9.17, 15) is 9.59 Å². The van der Waals surface area contributed by atoms with Gasteiger partial charge in [-0.1, -0.05) is 41.9 Å². The molecule has 5 nitrogen and oxygen atoms in total. The minimum absolute atomic E-state index is 0.141. The number of esters is 2. The Hall–Kier alpha value is -2.53. The summed E-state index contributed by atoms with van der Waals surface area (Å²) < 4.78 is 11.2. The van der Waals surface area contributed by atoms with Gasteiger partial charge in [0.05, 0.1) is 17.6 Å². The lowest BCUT2D eigenvalue weighted by molar-refractivity contribution is -0.146. The van der Waals surface area contributed by atoms with Crippen molar-refractivity contribution >= 4 is 29.2 Å². The zero-order valence-electron chi connectivity index (χ0n) is 15.8. The summed E-state index contributed by atoms with van der Waals surface area (Å²) >= 11 is 6.20. The van der Waals surface area contributed by atoms with Crippen molar-refractivity contribution in [3.63, 3.8) is 0 Å². The van der Waals surface area contributed by atoms with Crippen molar-refractivity contribution in [2.75, 3.05) is 18.5 Å². The zero-order valence-corrected chi connectivity index (χ0v) is 16.5. The Labute approximate surface area is 163 Å². The van der Waals surface area contributed by atoms with Crippen LogP contribution in [0.3, 0.4) is 0 Å². The Morgan fingerprint density at radius 1 is 1.19 bits per heavy atom. The molecule has 0 saturated heterocycles. The number of halogens is 1. The molecule has 1 heterocycles. The summed E-state index contributed by atoms with van der Waals surface area (Å²) in [5.41, 5.74) is 1.03. The van der Waals surface area contributed by atoms with Gasteiger partial charge in [-0.2, -0.15) is 0 Å². The van der Waals surface area contributed by atoms with Crippen LogP contribution in [-0.2, 0) is 9.53 Å². The number of carbonyl (C=O) groups is 2. The Kier molecular flexibility index (Phi) is 5.16. The Morgan fingerprint density at radius 2 is 1.85 bits per heavy atom. The van der Waals surface area contributed by atoms with E-state index in [1.807, 2.05) is 42.3 Å². The molecule has 0 aromatic heterocycles. The van der Waals surface area contributed by atoms with Gasteiger partial charge in [0.25, 0.3) is 0 Å². The molecule has 0 bridgehead atoms. The summed E-state index contributed by atoms with van der Waals surface area (Å²) in [7, 11) is 1.91. The highest BCUT2D eigenvalue weighted by Gasteiger charge is 2.32. The summed E-state index contributed by atoms with van der Waals surface area (Å²) in [5, 5.41) is 0.373. The predicted molar refractivity (Wildman–Crippen MR) is 104 cm³/mol. The molecule has 0 fully saturated rings. The van der Waals surface area contributed by atoms with Crippen LogP contribution in [0.25, 0.3) is 0 Å². The molecule has 0 N–H and O–H groups in total. The van der Waals surface area contributed by atoms with Crippen molar-refractivity contribution in [3.05, 3.63) is 58.6 Å². The molecular formula is C21H22ClNO4. The van der Waals surface area contributed by atoms with E-state index >= 15 is 0 Å². The molecule has 0 spiro atoms. The van der Waals surface area contributed by atoms with Crippen molar-refractivity contribution in [3.8, 4) is 5.75 Å². The lowest BCUT2D eigenvalue weighted by Crippen LogP contribution is -2.33. The molecule has 0 saturated carbocycles. The smallest absolute Gasteiger partial charge is 0.349 e. The van der Waals surface area contributed by atoms with Gasteiger partial charge in [-0.25, -0.2) is 4.79 Å².